The molecule has 1 aromatic carbocycles. The minimum atomic E-state index is 0.237. The van der Waals surface area contributed by atoms with Gasteiger partial charge in [0.05, 0.1) is 6.20 Å². The zero-order chi connectivity index (χ0) is 15.5. The van der Waals surface area contributed by atoms with Crippen molar-refractivity contribution in [1.29, 1.82) is 0 Å². The van der Waals surface area contributed by atoms with Crippen molar-refractivity contribution >= 4 is 21.7 Å². The minimum Gasteiger partial charge on any atom is -0.414 e. The van der Waals surface area contributed by atoms with Gasteiger partial charge < -0.3 is 15.5 Å². The summed E-state index contributed by atoms with van der Waals surface area (Å²) in [5, 5.41) is 11.1. The predicted molar refractivity (Wildman–Crippen MR) is 85.6 cm³/mol. The van der Waals surface area contributed by atoms with Crippen molar-refractivity contribution in [3.05, 3.63) is 40.6 Å². The van der Waals surface area contributed by atoms with Gasteiger partial charge in [-0.05, 0) is 40.7 Å². The fraction of sp³-hybridized carbons (Fsp3) is 0.143. The van der Waals surface area contributed by atoms with Crippen LogP contribution in [0.4, 0.5) is 5.82 Å². The van der Waals surface area contributed by atoms with Crippen molar-refractivity contribution < 1.29 is 4.42 Å². The van der Waals surface area contributed by atoms with Crippen LogP contribution in [0.2, 0.25) is 0 Å². The summed E-state index contributed by atoms with van der Waals surface area (Å²) in [4.78, 5) is 8.22. The molecule has 0 amide bonds. The number of aromatic nitrogens is 4. The van der Waals surface area contributed by atoms with Gasteiger partial charge in [0.1, 0.15) is 4.60 Å². The molecular weight excluding hydrogens is 348 g/mol. The summed E-state index contributed by atoms with van der Waals surface area (Å²) in [6.45, 7) is 0.805. The largest absolute Gasteiger partial charge is 0.414 e. The van der Waals surface area contributed by atoms with E-state index in [0.717, 1.165) is 12.1 Å². The standard InChI is InChI=1S/C14H13BrN6O/c1-17-6-8-2-4-9(5-3-8)13-20-21-14(22-13)11-12(16)18-7-10(15)19-11/h2-5,7,17H,6H2,1H3,(H2,16,18). The summed E-state index contributed by atoms with van der Waals surface area (Å²) in [7, 11) is 1.90. The average molecular weight is 361 g/mol. The highest BCUT2D eigenvalue weighted by molar-refractivity contribution is 9.10. The Labute approximate surface area is 135 Å². The normalized spacial score (nSPS) is 10.8. The molecule has 3 rings (SSSR count). The van der Waals surface area contributed by atoms with Crippen molar-refractivity contribution in [2.24, 2.45) is 0 Å². The topological polar surface area (TPSA) is 103 Å². The first-order chi connectivity index (χ1) is 10.7. The second-order valence-corrected chi connectivity index (χ2v) is 5.38. The van der Waals surface area contributed by atoms with Crippen molar-refractivity contribution in [2.75, 3.05) is 12.8 Å². The van der Waals surface area contributed by atoms with Gasteiger partial charge in [0.2, 0.25) is 5.89 Å². The van der Waals surface area contributed by atoms with Crippen LogP contribution >= 0.6 is 15.9 Å². The third-order valence-corrected chi connectivity index (χ3v) is 3.36. The van der Waals surface area contributed by atoms with Gasteiger partial charge in [-0.3, -0.25) is 0 Å². The molecule has 0 saturated carbocycles. The Morgan fingerprint density at radius 3 is 2.64 bits per heavy atom. The van der Waals surface area contributed by atoms with Crippen LogP contribution < -0.4 is 11.1 Å². The molecule has 2 aromatic heterocycles. The Hall–Kier alpha value is -2.32. The lowest BCUT2D eigenvalue weighted by Gasteiger charge is -2.01. The number of hydrogen-bond donors (Lipinski definition) is 2. The van der Waals surface area contributed by atoms with Crippen LogP contribution in [-0.4, -0.2) is 27.2 Å². The Bertz CT molecular complexity index is 786. The van der Waals surface area contributed by atoms with E-state index in [9.17, 15) is 0 Å². The molecule has 112 valence electrons. The molecule has 0 aliphatic carbocycles. The fourth-order valence-corrected chi connectivity index (χ4v) is 2.22. The molecule has 7 nitrogen and oxygen atoms in total. The van der Waals surface area contributed by atoms with Crippen molar-refractivity contribution in [2.45, 2.75) is 6.54 Å². The molecule has 0 unspecified atom stereocenters. The van der Waals surface area contributed by atoms with Crippen molar-refractivity contribution in [3.8, 4) is 23.0 Å². The molecule has 0 aliphatic rings. The van der Waals surface area contributed by atoms with E-state index in [1.807, 2.05) is 31.3 Å². The summed E-state index contributed by atoms with van der Waals surface area (Å²) in [6, 6.07) is 7.87. The van der Waals surface area contributed by atoms with E-state index >= 15 is 0 Å². The second kappa shape index (κ2) is 6.20. The molecule has 0 aliphatic heterocycles. The number of nitrogens with zero attached hydrogens (tertiary/aromatic N) is 4. The van der Waals surface area contributed by atoms with E-state index in [0.29, 0.717) is 16.2 Å². The van der Waals surface area contributed by atoms with Crippen LogP contribution in [0.1, 0.15) is 5.56 Å². The molecule has 0 atom stereocenters. The van der Waals surface area contributed by atoms with Gasteiger partial charge in [0.25, 0.3) is 5.89 Å². The summed E-state index contributed by atoms with van der Waals surface area (Å²) in [6.07, 6.45) is 1.51. The number of anilines is 1. The SMILES string of the molecule is CNCc1ccc(-c2nnc(-c3nc(Br)cnc3N)o2)cc1. The van der Waals surface area contributed by atoms with Crippen molar-refractivity contribution in [1.82, 2.24) is 25.5 Å². The zero-order valence-electron chi connectivity index (χ0n) is 11.7. The lowest BCUT2D eigenvalue weighted by molar-refractivity contribution is 0.582. The number of benzene rings is 1. The summed E-state index contributed by atoms with van der Waals surface area (Å²) >= 11 is 3.24. The molecule has 0 fully saturated rings. The highest BCUT2D eigenvalue weighted by Crippen LogP contribution is 2.26. The molecule has 0 spiro atoms. The molecule has 0 saturated heterocycles. The quantitative estimate of drug-likeness (QED) is 0.735. The lowest BCUT2D eigenvalue weighted by atomic mass is 10.1. The Morgan fingerprint density at radius 1 is 1.18 bits per heavy atom. The van der Waals surface area contributed by atoms with Crippen LogP contribution in [0.3, 0.4) is 0 Å². The summed E-state index contributed by atoms with van der Waals surface area (Å²) in [5.41, 5.74) is 8.16. The number of hydrogen-bond acceptors (Lipinski definition) is 7. The first-order valence-corrected chi connectivity index (χ1v) is 7.32. The summed E-state index contributed by atoms with van der Waals surface area (Å²) in [5.74, 6) is 0.885. The van der Waals surface area contributed by atoms with Gasteiger partial charge in [-0.1, -0.05) is 12.1 Å². The van der Waals surface area contributed by atoms with Crippen LogP contribution in [0, 0.1) is 0 Å². The van der Waals surface area contributed by atoms with Gasteiger partial charge in [-0.15, -0.1) is 10.2 Å². The van der Waals surface area contributed by atoms with Crippen LogP contribution in [0.15, 0.2) is 39.5 Å². The van der Waals surface area contributed by atoms with E-state index in [1.54, 1.807) is 0 Å². The maximum Gasteiger partial charge on any atom is 0.270 e. The molecular formula is C14H13BrN6O. The maximum absolute atomic E-state index is 5.79. The lowest BCUT2D eigenvalue weighted by Crippen LogP contribution is -2.04. The summed E-state index contributed by atoms with van der Waals surface area (Å²) < 4.78 is 6.20. The molecule has 8 heteroatoms. The molecule has 3 N–H and O–H groups in total. The first kappa shape index (κ1) is 14.6. The third kappa shape index (κ3) is 2.97. The highest BCUT2D eigenvalue weighted by atomic mass is 79.9. The average Bonchev–Trinajstić information content (AvgIpc) is 3.00. The maximum atomic E-state index is 5.79. The number of nitrogens with two attached hydrogens (primary N) is 1. The van der Waals surface area contributed by atoms with Gasteiger partial charge in [0.15, 0.2) is 11.5 Å². The molecule has 22 heavy (non-hydrogen) atoms. The van der Waals surface area contributed by atoms with Crippen LogP contribution in [0.5, 0.6) is 0 Å². The molecule has 0 bridgehead atoms. The van der Waals surface area contributed by atoms with E-state index in [4.69, 9.17) is 10.2 Å². The van der Waals surface area contributed by atoms with Crippen molar-refractivity contribution in [3.63, 3.8) is 0 Å². The Kier molecular flexibility index (Phi) is 4.12. The third-order valence-electron chi connectivity index (χ3n) is 2.98. The second-order valence-electron chi connectivity index (χ2n) is 4.57. The van der Waals surface area contributed by atoms with Crippen LogP contribution in [-0.2, 0) is 6.54 Å². The number of nitrogens with one attached hydrogen (secondary N) is 1. The predicted octanol–water partition coefficient (Wildman–Crippen LogP) is 2.26. The van der Waals surface area contributed by atoms with E-state index in [1.165, 1.54) is 11.8 Å². The van der Waals surface area contributed by atoms with Crippen LogP contribution in [0.25, 0.3) is 23.0 Å². The Morgan fingerprint density at radius 2 is 1.91 bits per heavy atom. The monoisotopic (exact) mass is 360 g/mol. The van der Waals surface area contributed by atoms with Gasteiger partial charge >= 0.3 is 0 Å². The first-order valence-electron chi connectivity index (χ1n) is 6.53. The van der Waals surface area contributed by atoms with E-state index in [-0.39, 0.29) is 11.7 Å². The fourth-order valence-electron chi connectivity index (χ4n) is 1.94. The van der Waals surface area contributed by atoms with Gasteiger partial charge in [-0.2, -0.15) is 0 Å². The van der Waals surface area contributed by atoms with E-state index < -0.39 is 0 Å². The number of nitrogen functional groups attached to an aromatic ring is 1. The smallest absolute Gasteiger partial charge is 0.270 e. The number of rotatable bonds is 4. The molecule has 0 radical (unpaired) electrons. The van der Waals surface area contributed by atoms with Gasteiger partial charge in [-0.25, -0.2) is 9.97 Å². The number of halogens is 1. The minimum absolute atomic E-state index is 0.237. The molecule has 3 aromatic rings. The Balaban J connectivity index is 1.91. The highest BCUT2D eigenvalue weighted by Gasteiger charge is 2.15. The van der Waals surface area contributed by atoms with Gasteiger partial charge in [0, 0.05) is 12.1 Å². The molecule has 2 heterocycles. The zero-order valence-corrected chi connectivity index (χ0v) is 13.3. The van der Waals surface area contributed by atoms with E-state index in [2.05, 4.69) is 41.4 Å².